The molecular weight excluding hydrogens is 444 g/mol. The Morgan fingerprint density at radius 1 is 1.19 bits per heavy atom. The molecule has 2 aromatic rings. The number of furan rings is 1. The van der Waals surface area contributed by atoms with Crippen molar-refractivity contribution in [1.82, 2.24) is 10.2 Å². The zero-order valence-corrected chi connectivity index (χ0v) is 18.1. The highest BCUT2D eigenvalue weighted by molar-refractivity contribution is 6.32. The molecule has 1 aromatic carbocycles. The molecule has 0 bridgehead atoms. The average Bonchev–Trinajstić information content (AvgIpc) is 3.35. The van der Waals surface area contributed by atoms with E-state index in [1.807, 2.05) is 0 Å². The van der Waals surface area contributed by atoms with Gasteiger partial charge in [-0.25, -0.2) is 14.4 Å². The summed E-state index contributed by atoms with van der Waals surface area (Å²) in [5, 5.41) is 2.69. The van der Waals surface area contributed by atoms with E-state index in [4.69, 9.17) is 20.8 Å². The van der Waals surface area contributed by atoms with E-state index in [1.54, 1.807) is 6.07 Å². The van der Waals surface area contributed by atoms with E-state index in [1.165, 1.54) is 51.5 Å². The number of urea groups is 1. The molecule has 3 rings (SSSR count). The van der Waals surface area contributed by atoms with Crippen molar-refractivity contribution in [3.8, 4) is 5.75 Å². The fourth-order valence-corrected chi connectivity index (χ4v) is 3.05. The Kier molecular flexibility index (Phi) is 6.84. The first-order valence-corrected chi connectivity index (χ1v) is 9.67. The molecule has 1 aliphatic rings. The summed E-state index contributed by atoms with van der Waals surface area (Å²) in [4.78, 5) is 48.8. The summed E-state index contributed by atoms with van der Waals surface area (Å²) in [6.45, 7) is 1.35. The van der Waals surface area contributed by atoms with Gasteiger partial charge in [-0.2, -0.15) is 0 Å². The maximum absolute atomic E-state index is 12.7. The molecular formula is C21H19ClN2O8. The van der Waals surface area contributed by atoms with Crippen LogP contribution in [0.4, 0.5) is 4.79 Å². The normalized spacial score (nSPS) is 15.5. The van der Waals surface area contributed by atoms with E-state index in [0.29, 0.717) is 5.56 Å². The number of nitrogens with zero attached hydrogens (tertiary/aromatic N) is 1. The summed E-state index contributed by atoms with van der Waals surface area (Å²) < 4.78 is 19.9. The van der Waals surface area contributed by atoms with Crippen LogP contribution < -0.4 is 10.1 Å². The number of amides is 3. The number of carbonyl (C=O) groups is 4. The quantitative estimate of drug-likeness (QED) is 0.378. The predicted octanol–water partition coefficient (Wildman–Crippen LogP) is 2.75. The van der Waals surface area contributed by atoms with Gasteiger partial charge in [0, 0.05) is 0 Å². The number of carbonyl (C=O) groups excluding carboxylic acids is 4. The summed E-state index contributed by atoms with van der Waals surface area (Å²) in [6, 6.07) is 6.88. The first-order valence-electron chi connectivity index (χ1n) is 9.29. The third-order valence-electron chi connectivity index (χ3n) is 4.43. The van der Waals surface area contributed by atoms with Crippen molar-refractivity contribution in [2.24, 2.45) is 0 Å². The number of imide groups is 1. The van der Waals surface area contributed by atoms with Gasteiger partial charge in [-0.05, 0) is 42.8 Å². The molecule has 3 amide bonds. The molecule has 1 saturated heterocycles. The lowest BCUT2D eigenvalue weighted by Gasteiger charge is -2.13. The van der Waals surface area contributed by atoms with Crippen molar-refractivity contribution in [2.75, 3.05) is 14.2 Å². The number of rotatable bonds is 7. The topological polar surface area (TPSA) is 124 Å². The molecule has 0 saturated carbocycles. The summed E-state index contributed by atoms with van der Waals surface area (Å²) in [7, 11) is 2.46. The van der Waals surface area contributed by atoms with Crippen molar-refractivity contribution >= 4 is 41.6 Å². The van der Waals surface area contributed by atoms with Crippen molar-refractivity contribution in [1.29, 1.82) is 0 Å². The third-order valence-corrected chi connectivity index (χ3v) is 4.72. The van der Waals surface area contributed by atoms with E-state index >= 15 is 0 Å². The molecule has 11 heteroatoms. The second kappa shape index (κ2) is 9.56. The van der Waals surface area contributed by atoms with Crippen LogP contribution in [0.3, 0.4) is 0 Å². The van der Waals surface area contributed by atoms with Gasteiger partial charge < -0.3 is 23.9 Å². The number of halogens is 1. The van der Waals surface area contributed by atoms with E-state index in [0.717, 1.165) is 4.90 Å². The van der Waals surface area contributed by atoms with Crippen LogP contribution in [0.1, 0.15) is 28.8 Å². The second-order valence-electron chi connectivity index (χ2n) is 6.61. The van der Waals surface area contributed by atoms with Crippen molar-refractivity contribution < 1.29 is 37.8 Å². The molecule has 1 atom stereocenters. The first kappa shape index (κ1) is 22.9. The van der Waals surface area contributed by atoms with Crippen molar-refractivity contribution in [2.45, 2.75) is 19.6 Å². The Bertz CT molecular complexity index is 1110. The maximum Gasteiger partial charge on any atom is 0.373 e. The smallest absolute Gasteiger partial charge is 0.373 e. The third kappa shape index (κ3) is 4.92. The van der Waals surface area contributed by atoms with E-state index in [9.17, 15) is 19.2 Å². The standard InChI is InChI=1S/C21H19ClN2O8/c1-11(19(26)29-2)31-16-6-4-12(8-14(16)22)9-15-18(25)24(21(28)23-15)10-13-5-7-17(32-13)20(27)30-3/h4-9,11H,10H2,1-3H3,(H,23,28)/b15-9-/t11-/m1/s1. The minimum atomic E-state index is -0.854. The first-order chi connectivity index (χ1) is 15.2. The molecule has 1 N–H and O–H groups in total. The highest BCUT2D eigenvalue weighted by Gasteiger charge is 2.34. The lowest BCUT2D eigenvalue weighted by Crippen LogP contribution is -2.30. The number of methoxy groups -OCH3 is 2. The van der Waals surface area contributed by atoms with Crippen LogP contribution in [0.5, 0.6) is 5.75 Å². The van der Waals surface area contributed by atoms with Gasteiger partial charge in [0.15, 0.2) is 6.10 Å². The van der Waals surface area contributed by atoms with Gasteiger partial charge >= 0.3 is 18.0 Å². The van der Waals surface area contributed by atoms with Crippen LogP contribution >= 0.6 is 11.6 Å². The SMILES string of the molecule is COC(=O)c1ccc(CN2C(=O)N/C(=C\c3ccc(O[C@H](C)C(=O)OC)c(Cl)c3)C2=O)o1. The largest absolute Gasteiger partial charge is 0.477 e. The summed E-state index contributed by atoms with van der Waals surface area (Å²) >= 11 is 6.21. The molecule has 0 aliphatic carbocycles. The Morgan fingerprint density at radius 3 is 2.59 bits per heavy atom. The lowest BCUT2D eigenvalue weighted by molar-refractivity contribution is -0.147. The fraction of sp³-hybridized carbons (Fsp3) is 0.238. The van der Waals surface area contributed by atoms with Gasteiger partial charge in [0.2, 0.25) is 5.76 Å². The maximum atomic E-state index is 12.7. The number of hydrogen-bond acceptors (Lipinski definition) is 8. The zero-order valence-electron chi connectivity index (χ0n) is 17.3. The minimum Gasteiger partial charge on any atom is -0.477 e. The van der Waals surface area contributed by atoms with Crippen molar-refractivity contribution in [3.63, 3.8) is 0 Å². The Balaban J connectivity index is 1.72. The molecule has 168 valence electrons. The highest BCUT2D eigenvalue weighted by atomic mass is 35.5. The molecule has 2 heterocycles. The van der Waals surface area contributed by atoms with Gasteiger partial charge in [0.05, 0.1) is 25.8 Å². The predicted molar refractivity (Wildman–Crippen MR) is 111 cm³/mol. The molecule has 1 aromatic heterocycles. The number of ether oxygens (including phenoxy) is 3. The number of nitrogens with one attached hydrogen (secondary N) is 1. The monoisotopic (exact) mass is 462 g/mol. The highest BCUT2D eigenvalue weighted by Crippen LogP contribution is 2.28. The fourth-order valence-electron chi connectivity index (χ4n) is 2.82. The number of benzene rings is 1. The molecule has 32 heavy (non-hydrogen) atoms. The Labute approximate surface area is 187 Å². The minimum absolute atomic E-state index is 0.0300. The number of hydrogen-bond donors (Lipinski definition) is 1. The molecule has 0 unspecified atom stereocenters. The van der Waals surface area contributed by atoms with Gasteiger partial charge in [0.25, 0.3) is 5.91 Å². The van der Waals surface area contributed by atoms with Crippen LogP contribution in [-0.2, 0) is 25.6 Å². The second-order valence-corrected chi connectivity index (χ2v) is 7.02. The average molecular weight is 463 g/mol. The summed E-state index contributed by atoms with van der Waals surface area (Å²) in [5.41, 5.74) is 0.548. The Morgan fingerprint density at radius 2 is 1.94 bits per heavy atom. The van der Waals surface area contributed by atoms with Gasteiger partial charge in [-0.15, -0.1) is 0 Å². The van der Waals surface area contributed by atoms with Gasteiger partial charge in [-0.1, -0.05) is 17.7 Å². The van der Waals surface area contributed by atoms with Crippen LogP contribution in [0.2, 0.25) is 5.02 Å². The van der Waals surface area contributed by atoms with E-state index < -0.39 is 30.0 Å². The van der Waals surface area contributed by atoms with Crippen molar-refractivity contribution in [3.05, 3.63) is 58.1 Å². The van der Waals surface area contributed by atoms with Crippen LogP contribution in [-0.4, -0.2) is 49.1 Å². The van der Waals surface area contributed by atoms with Gasteiger partial charge in [-0.3, -0.25) is 9.69 Å². The molecule has 10 nitrogen and oxygen atoms in total. The molecule has 1 aliphatic heterocycles. The van der Waals surface area contributed by atoms with Crippen LogP contribution in [0, 0.1) is 0 Å². The molecule has 1 fully saturated rings. The van der Waals surface area contributed by atoms with E-state index in [2.05, 4.69) is 14.8 Å². The molecule has 0 radical (unpaired) electrons. The summed E-state index contributed by atoms with van der Waals surface area (Å²) in [6.07, 6.45) is 0.592. The molecule has 0 spiro atoms. The van der Waals surface area contributed by atoms with Crippen LogP contribution in [0.25, 0.3) is 6.08 Å². The lowest BCUT2D eigenvalue weighted by atomic mass is 10.2. The van der Waals surface area contributed by atoms with Gasteiger partial charge in [0.1, 0.15) is 17.2 Å². The van der Waals surface area contributed by atoms with E-state index in [-0.39, 0.29) is 34.5 Å². The number of esters is 2. The Hall–Kier alpha value is -3.79. The summed E-state index contributed by atoms with van der Waals surface area (Å²) in [5.74, 6) is -1.35. The van der Waals surface area contributed by atoms with Crippen LogP contribution in [0.15, 0.2) is 40.4 Å². The zero-order chi connectivity index (χ0) is 23.4.